The second-order valence-corrected chi connectivity index (χ2v) is 2.49. The van der Waals surface area contributed by atoms with Crippen LogP contribution in [0.25, 0.3) is 6.08 Å². The normalized spacial score (nSPS) is 14.7. The molecule has 0 spiro atoms. The van der Waals surface area contributed by atoms with E-state index in [0.29, 0.717) is 12.4 Å². The molecule has 0 unspecified atom stereocenters. The number of hydrogen-bond donors (Lipinski definition) is 1. The van der Waals surface area contributed by atoms with Gasteiger partial charge in [0.05, 0.1) is 0 Å². The van der Waals surface area contributed by atoms with Crippen molar-refractivity contribution in [2.45, 2.75) is 0 Å². The van der Waals surface area contributed by atoms with Crippen molar-refractivity contribution in [3.63, 3.8) is 0 Å². The maximum atomic E-state index is 9.15. The van der Waals surface area contributed by atoms with Gasteiger partial charge in [-0.05, 0) is 18.2 Å². The van der Waals surface area contributed by atoms with Gasteiger partial charge in [-0.15, -0.1) is 0 Å². The Bertz CT molecular complexity index is 318. The van der Waals surface area contributed by atoms with E-state index < -0.39 is 0 Å². The van der Waals surface area contributed by atoms with E-state index in [0.717, 1.165) is 5.56 Å². The van der Waals surface area contributed by atoms with Crippen molar-refractivity contribution in [3.8, 4) is 11.5 Å². The number of aromatic hydroxyl groups is 1. The summed E-state index contributed by atoms with van der Waals surface area (Å²) in [6.07, 6.45) is 3.67. The highest BCUT2D eigenvalue weighted by Gasteiger charge is 2.05. The molecule has 1 aliphatic heterocycles. The molecule has 3 heteroatoms. The number of phenolic OH excluding ortho intramolecular Hbond substituents is 1. The molecule has 0 fully saturated rings. The molecule has 0 aromatic heterocycles. The molecule has 2 rings (SSSR count). The molecule has 1 heterocycles. The molecule has 1 aromatic rings. The van der Waals surface area contributed by atoms with Gasteiger partial charge in [-0.2, -0.15) is 4.89 Å². The molecule has 62 valence electrons. The van der Waals surface area contributed by atoms with Crippen molar-refractivity contribution in [1.82, 2.24) is 0 Å². The Labute approximate surface area is 69.8 Å². The zero-order chi connectivity index (χ0) is 8.39. The van der Waals surface area contributed by atoms with E-state index in [1.807, 2.05) is 12.2 Å². The Balaban J connectivity index is 2.47. The van der Waals surface area contributed by atoms with Crippen molar-refractivity contribution in [3.05, 3.63) is 29.8 Å². The first kappa shape index (κ1) is 7.18. The Morgan fingerprint density at radius 1 is 1.33 bits per heavy atom. The molecule has 12 heavy (non-hydrogen) atoms. The van der Waals surface area contributed by atoms with Crippen LogP contribution in [0.4, 0.5) is 0 Å². The molecule has 1 N–H and O–H groups in total. The lowest BCUT2D eigenvalue weighted by molar-refractivity contribution is -0.194. The summed E-state index contributed by atoms with van der Waals surface area (Å²) in [4.78, 5) is 9.72. The van der Waals surface area contributed by atoms with Crippen molar-refractivity contribution < 1.29 is 14.9 Å². The summed E-state index contributed by atoms with van der Waals surface area (Å²) in [5, 5.41) is 9.15. The van der Waals surface area contributed by atoms with Crippen LogP contribution in [0.15, 0.2) is 24.3 Å². The summed E-state index contributed by atoms with van der Waals surface area (Å²) in [6, 6.07) is 4.85. The van der Waals surface area contributed by atoms with E-state index in [1.54, 1.807) is 18.2 Å². The predicted molar refractivity (Wildman–Crippen MR) is 43.7 cm³/mol. The summed E-state index contributed by atoms with van der Waals surface area (Å²) in [6.45, 7) is 0.426. The van der Waals surface area contributed by atoms with Gasteiger partial charge in [0.25, 0.3) is 0 Å². The van der Waals surface area contributed by atoms with Crippen molar-refractivity contribution in [2.75, 3.05) is 6.61 Å². The second kappa shape index (κ2) is 2.87. The number of benzene rings is 1. The standard InChI is InChI=1S/C9H8O3/c10-8-3-4-9-7(6-8)2-1-5-11-12-9/h1-4,6,10H,5H2. The van der Waals surface area contributed by atoms with Gasteiger partial charge in [-0.25, -0.2) is 0 Å². The zero-order valence-electron chi connectivity index (χ0n) is 6.36. The van der Waals surface area contributed by atoms with Gasteiger partial charge in [0, 0.05) is 5.56 Å². The number of fused-ring (bicyclic) bond motifs is 1. The van der Waals surface area contributed by atoms with Crippen molar-refractivity contribution in [1.29, 1.82) is 0 Å². The summed E-state index contributed by atoms with van der Waals surface area (Å²) in [7, 11) is 0. The van der Waals surface area contributed by atoms with E-state index in [9.17, 15) is 0 Å². The third-order valence-corrected chi connectivity index (χ3v) is 1.60. The Hall–Kier alpha value is -1.48. The molecule has 0 radical (unpaired) electrons. The SMILES string of the molecule is Oc1ccc2c(c1)C=CCOO2. The van der Waals surface area contributed by atoms with Gasteiger partial charge in [0.2, 0.25) is 0 Å². The minimum Gasteiger partial charge on any atom is -0.508 e. The van der Waals surface area contributed by atoms with Crippen LogP contribution in [-0.2, 0) is 4.89 Å². The monoisotopic (exact) mass is 164 g/mol. The van der Waals surface area contributed by atoms with E-state index in [4.69, 9.17) is 14.9 Å². The van der Waals surface area contributed by atoms with E-state index in [-0.39, 0.29) is 5.75 Å². The minimum absolute atomic E-state index is 0.226. The molecule has 0 bridgehead atoms. The lowest BCUT2D eigenvalue weighted by Crippen LogP contribution is -1.94. The molecule has 0 aliphatic carbocycles. The van der Waals surface area contributed by atoms with Gasteiger partial charge in [0.15, 0.2) is 5.75 Å². The fourth-order valence-corrected chi connectivity index (χ4v) is 1.05. The summed E-state index contributed by atoms with van der Waals surface area (Å²) in [5.41, 5.74) is 0.826. The third-order valence-electron chi connectivity index (χ3n) is 1.60. The van der Waals surface area contributed by atoms with Gasteiger partial charge in [0.1, 0.15) is 12.4 Å². The molecule has 0 saturated heterocycles. The van der Waals surface area contributed by atoms with Gasteiger partial charge in [-0.1, -0.05) is 12.2 Å². The highest BCUT2D eigenvalue weighted by molar-refractivity contribution is 5.59. The van der Waals surface area contributed by atoms with Crippen LogP contribution in [0.3, 0.4) is 0 Å². The molecule has 0 saturated carbocycles. The first-order valence-corrected chi connectivity index (χ1v) is 3.65. The summed E-state index contributed by atoms with van der Waals surface area (Å²) < 4.78 is 0. The first-order valence-electron chi connectivity index (χ1n) is 3.65. The Morgan fingerprint density at radius 2 is 2.25 bits per heavy atom. The highest BCUT2D eigenvalue weighted by atomic mass is 17.2. The number of hydrogen-bond acceptors (Lipinski definition) is 3. The van der Waals surface area contributed by atoms with Crippen LogP contribution >= 0.6 is 0 Å². The van der Waals surface area contributed by atoms with Crippen LogP contribution in [0.2, 0.25) is 0 Å². The van der Waals surface area contributed by atoms with E-state index in [2.05, 4.69) is 0 Å². The first-order chi connectivity index (χ1) is 5.86. The second-order valence-electron chi connectivity index (χ2n) is 2.49. The third kappa shape index (κ3) is 1.26. The largest absolute Gasteiger partial charge is 0.508 e. The fraction of sp³-hybridized carbons (Fsp3) is 0.111. The van der Waals surface area contributed by atoms with Gasteiger partial charge in [-0.3, -0.25) is 0 Å². The molecule has 3 nitrogen and oxygen atoms in total. The topological polar surface area (TPSA) is 38.7 Å². The minimum atomic E-state index is 0.226. The maximum absolute atomic E-state index is 9.15. The molecule has 1 aromatic carbocycles. The van der Waals surface area contributed by atoms with Gasteiger partial charge >= 0.3 is 0 Å². The van der Waals surface area contributed by atoms with Crippen LogP contribution in [0, 0.1) is 0 Å². The lowest BCUT2D eigenvalue weighted by Gasteiger charge is -2.03. The van der Waals surface area contributed by atoms with Crippen LogP contribution in [0.1, 0.15) is 5.56 Å². The van der Waals surface area contributed by atoms with E-state index >= 15 is 0 Å². The average molecular weight is 164 g/mol. The molecular weight excluding hydrogens is 156 g/mol. The summed E-state index contributed by atoms with van der Waals surface area (Å²) >= 11 is 0. The van der Waals surface area contributed by atoms with E-state index in [1.165, 1.54) is 0 Å². The predicted octanol–water partition coefficient (Wildman–Crippen LogP) is 1.73. The molecule has 1 aliphatic rings. The number of phenols is 1. The average Bonchev–Trinajstić information content (AvgIpc) is 2.28. The molecule has 0 amide bonds. The summed E-state index contributed by atoms with van der Waals surface area (Å²) in [5.74, 6) is 0.852. The van der Waals surface area contributed by atoms with Crippen LogP contribution < -0.4 is 4.89 Å². The van der Waals surface area contributed by atoms with Gasteiger partial charge < -0.3 is 9.99 Å². The van der Waals surface area contributed by atoms with Crippen LogP contribution in [-0.4, -0.2) is 11.7 Å². The Morgan fingerprint density at radius 3 is 3.17 bits per heavy atom. The number of rotatable bonds is 0. The van der Waals surface area contributed by atoms with Crippen molar-refractivity contribution in [2.24, 2.45) is 0 Å². The zero-order valence-corrected chi connectivity index (χ0v) is 6.36. The maximum Gasteiger partial charge on any atom is 0.172 e. The van der Waals surface area contributed by atoms with Crippen molar-refractivity contribution >= 4 is 6.08 Å². The highest BCUT2D eigenvalue weighted by Crippen LogP contribution is 2.26. The smallest absolute Gasteiger partial charge is 0.172 e. The van der Waals surface area contributed by atoms with Crippen LogP contribution in [0.5, 0.6) is 11.5 Å². The molecule has 0 atom stereocenters. The quantitative estimate of drug-likeness (QED) is 0.593. The lowest BCUT2D eigenvalue weighted by atomic mass is 10.2. The molecular formula is C9H8O3. The Kier molecular flexibility index (Phi) is 1.72. The fourth-order valence-electron chi connectivity index (χ4n) is 1.05.